The van der Waals surface area contributed by atoms with Crippen LogP contribution >= 0.6 is 0 Å². The minimum atomic E-state index is -0.852. The van der Waals surface area contributed by atoms with Crippen molar-refractivity contribution in [3.8, 4) is 17.3 Å². The highest BCUT2D eigenvalue weighted by Crippen LogP contribution is 2.22. The van der Waals surface area contributed by atoms with Crippen LogP contribution in [0.3, 0.4) is 0 Å². The van der Waals surface area contributed by atoms with Crippen LogP contribution in [0, 0.1) is 6.92 Å². The number of ether oxygens (including phenoxy) is 1. The number of nitrogens with zero attached hydrogens (tertiary/aromatic N) is 2. The lowest BCUT2D eigenvalue weighted by molar-refractivity contribution is -0.136. The van der Waals surface area contributed by atoms with Gasteiger partial charge in [-0.15, -0.1) is 0 Å². The van der Waals surface area contributed by atoms with Crippen LogP contribution in [0.15, 0.2) is 30.5 Å². The maximum absolute atomic E-state index is 10.6. The molecule has 0 fully saturated rings. The Labute approximate surface area is 117 Å². The number of benzene rings is 1. The van der Waals surface area contributed by atoms with Crippen molar-refractivity contribution in [3.05, 3.63) is 41.6 Å². The van der Waals surface area contributed by atoms with Gasteiger partial charge in [0.1, 0.15) is 0 Å². The van der Waals surface area contributed by atoms with Crippen LogP contribution in [0.1, 0.15) is 17.5 Å². The molecule has 5 nitrogen and oxygen atoms in total. The summed E-state index contributed by atoms with van der Waals surface area (Å²) in [4.78, 5) is 19.2. The molecular weight excluding hydrogens is 256 g/mol. The first-order valence-electron chi connectivity index (χ1n) is 6.29. The summed E-state index contributed by atoms with van der Waals surface area (Å²) in [5.41, 5.74) is 2.77. The van der Waals surface area contributed by atoms with Gasteiger partial charge in [-0.2, -0.15) is 4.98 Å². The molecule has 0 atom stereocenters. The Bertz CT molecular complexity index is 609. The van der Waals surface area contributed by atoms with Crippen molar-refractivity contribution in [3.63, 3.8) is 0 Å². The first kappa shape index (κ1) is 14.0. The molecule has 1 N–H and O–H groups in total. The van der Waals surface area contributed by atoms with Gasteiger partial charge in [0.25, 0.3) is 0 Å². The topological polar surface area (TPSA) is 72.3 Å². The third-order valence-electron chi connectivity index (χ3n) is 2.94. The maximum Gasteiger partial charge on any atom is 0.303 e. The van der Waals surface area contributed by atoms with Gasteiger partial charge in [0.2, 0.25) is 5.88 Å². The van der Waals surface area contributed by atoms with Crippen LogP contribution in [0.25, 0.3) is 11.4 Å². The van der Waals surface area contributed by atoms with Gasteiger partial charge >= 0.3 is 5.97 Å². The van der Waals surface area contributed by atoms with E-state index in [-0.39, 0.29) is 6.42 Å². The van der Waals surface area contributed by atoms with Crippen molar-refractivity contribution in [2.24, 2.45) is 0 Å². The number of carboxylic acid groups (broad SMARTS) is 1. The summed E-state index contributed by atoms with van der Waals surface area (Å²) < 4.78 is 5.22. The number of hydrogen-bond acceptors (Lipinski definition) is 4. The van der Waals surface area contributed by atoms with Gasteiger partial charge in [-0.05, 0) is 13.3 Å². The molecule has 20 heavy (non-hydrogen) atoms. The lowest BCUT2D eigenvalue weighted by Gasteiger charge is -2.08. The highest BCUT2D eigenvalue weighted by Gasteiger charge is 2.10. The van der Waals surface area contributed by atoms with E-state index in [1.165, 1.54) is 12.7 Å². The predicted octanol–water partition coefficient (Wildman–Crippen LogP) is 2.48. The molecule has 1 heterocycles. The smallest absolute Gasteiger partial charge is 0.303 e. The van der Waals surface area contributed by atoms with E-state index in [9.17, 15) is 4.79 Å². The summed E-state index contributed by atoms with van der Waals surface area (Å²) in [6.45, 7) is 2.01. The molecule has 0 saturated heterocycles. The zero-order valence-electron chi connectivity index (χ0n) is 11.5. The highest BCUT2D eigenvalue weighted by molar-refractivity contribution is 5.67. The lowest BCUT2D eigenvalue weighted by Crippen LogP contribution is -2.03. The highest BCUT2D eigenvalue weighted by atomic mass is 16.5. The van der Waals surface area contributed by atoms with Crippen LogP contribution in [0.5, 0.6) is 5.88 Å². The number of carbonyl (C=O) groups is 1. The van der Waals surface area contributed by atoms with Crippen molar-refractivity contribution in [2.75, 3.05) is 7.11 Å². The normalized spacial score (nSPS) is 10.3. The van der Waals surface area contributed by atoms with Gasteiger partial charge < -0.3 is 9.84 Å². The number of aliphatic carboxylic acids is 1. The SMILES string of the molecule is COc1nc(-c2ccc(C)cc2)ncc1CCC(=O)O. The average molecular weight is 272 g/mol. The van der Waals surface area contributed by atoms with Crippen molar-refractivity contribution in [1.29, 1.82) is 0 Å². The molecule has 0 unspecified atom stereocenters. The molecule has 0 aliphatic heterocycles. The van der Waals surface area contributed by atoms with Gasteiger partial charge in [-0.3, -0.25) is 4.79 Å². The fourth-order valence-corrected chi connectivity index (χ4v) is 1.82. The largest absolute Gasteiger partial charge is 0.481 e. The Hall–Kier alpha value is -2.43. The molecule has 0 radical (unpaired) electrons. The molecule has 0 aliphatic rings. The first-order valence-corrected chi connectivity index (χ1v) is 6.29. The monoisotopic (exact) mass is 272 g/mol. The molecule has 2 aromatic rings. The summed E-state index contributed by atoms with van der Waals surface area (Å²) in [6, 6.07) is 7.87. The molecule has 0 bridgehead atoms. The Morgan fingerprint density at radius 1 is 1.30 bits per heavy atom. The van der Waals surface area contributed by atoms with Crippen LogP contribution in [0.2, 0.25) is 0 Å². The minimum Gasteiger partial charge on any atom is -0.481 e. The van der Waals surface area contributed by atoms with E-state index in [1.807, 2.05) is 31.2 Å². The molecule has 5 heteroatoms. The molecule has 0 spiro atoms. The fraction of sp³-hybridized carbons (Fsp3) is 0.267. The van der Waals surface area contributed by atoms with Crippen LogP contribution in [0.4, 0.5) is 0 Å². The fourth-order valence-electron chi connectivity index (χ4n) is 1.82. The van der Waals surface area contributed by atoms with Crippen molar-refractivity contribution < 1.29 is 14.6 Å². The minimum absolute atomic E-state index is 0.0313. The molecule has 0 amide bonds. The van der Waals surface area contributed by atoms with Gasteiger partial charge in [0.05, 0.1) is 7.11 Å². The first-order chi connectivity index (χ1) is 9.60. The molecule has 1 aromatic heterocycles. The van der Waals surface area contributed by atoms with Gasteiger partial charge in [0.15, 0.2) is 5.82 Å². The molecule has 1 aromatic carbocycles. The summed E-state index contributed by atoms with van der Waals surface area (Å²) >= 11 is 0. The number of hydrogen-bond donors (Lipinski definition) is 1. The Morgan fingerprint density at radius 2 is 2.00 bits per heavy atom. The van der Waals surface area contributed by atoms with E-state index >= 15 is 0 Å². The number of aryl methyl sites for hydroxylation is 2. The molecule has 0 saturated carbocycles. The van der Waals surface area contributed by atoms with Crippen molar-refractivity contribution in [1.82, 2.24) is 9.97 Å². The van der Waals surface area contributed by atoms with Crippen molar-refractivity contribution >= 4 is 5.97 Å². The second kappa shape index (κ2) is 6.14. The zero-order chi connectivity index (χ0) is 14.5. The van der Waals surface area contributed by atoms with Gasteiger partial charge in [-0.1, -0.05) is 29.8 Å². The van der Waals surface area contributed by atoms with Gasteiger partial charge in [-0.25, -0.2) is 4.98 Å². The summed E-state index contributed by atoms with van der Waals surface area (Å²) in [5.74, 6) is 0.146. The maximum atomic E-state index is 10.6. The second-order valence-corrected chi connectivity index (χ2v) is 4.49. The standard InChI is InChI=1S/C15H16N2O3/c1-10-3-5-11(6-4-10)14-16-9-12(7-8-13(18)19)15(17-14)20-2/h3-6,9H,7-8H2,1-2H3,(H,18,19). The van der Waals surface area contributed by atoms with Crippen LogP contribution in [-0.4, -0.2) is 28.2 Å². The third-order valence-corrected chi connectivity index (χ3v) is 2.94. The summed E-state index contributed by atoms with van der Waals surface area (Å²) in [7, 11) is 1.52. The summed E-state index contributed by atoms with van der Waals surface area (Å²) in [6.07, 6.45) is 2.01. The van der Waals surface area contributed by atoms with E-state index < -0.39 is 5.97 Å². The van der Waals surface area contributed by atoms with E-state index in [2.05, 4.69) is 9.97 Å². The van der Waals surface area contributed by atoms with Gasteiger partial charge in [0, 0.05) is 23.7 Å². The number of methoxy groups -OCH3 is 1. The molecular formula is C15H16N2O3. The Balaban J connectivity index is 2.28. The van der Waals surface area contributed by atoms with Crippen LogP contribution < -0.4 is 4.74 Å². The lowest BCUT2D eigenvalue weighted by atomic mass is 10.1. The predicted molar refractivity (Wildman–Crippen MR) is 74.7 cm³/mol. The molecule has 104 valence electrons. The second-order valence-electron chi connectivity index (χ2n) is 4.49. The number of aromatic nitrogens is 2. The van der Waals surface area contributed by atoms with Crippen LogP contribution in [-0.2, 0) is 11.2 Å². The zero-order valence-corrected chi connectivity index (χ0v) is 11.5. The number of rotatable bonds is 5. The van der Waals surface area contributed by atoms with E-state index in [0.29, 0.717) is 23.7 Å². The number of carboxylic acids is 1. The van der Waals surface area contributed by atoms with E-state index in [0.717, 1.165) is 5.56 Å². The Morgan fingerprint density at radius 3 is 2.60 bits per heavy atom. The summed E-state index contributed by atoms with van der Waals surface area (Å²) in [5, 5.41) is 8.72. The average Bonchev–Trinajstić information content (AvgIpc) is 2.45. The third kappa shape index (κ3) is 3.32. The Kier molecular flexibility index (Phi) is 4.30. The van der Waals surface area contributed by atoms with Crippen molar-refractivity contribution in [2.45, 2.75) is 19.8 Å². The molecule has 0 aliphatic carbocycles. The molecule has 2 rings (SSSR count). The van der Waals surface area contributed by atoms with E-state index in [4.69, 9.17) is 9.84 Å². The van der Waals surface area contributed by atoms with E-state index in [1.54, 1.807) is 6.20 Å². The quantitative estimate of drug-likeness (QED) is 0.905.